The Hall–Kier alpha value is -0.910. The molecule has 1 aliphatic rings. The van der Waals surface area contributed by atoms with Gasteiger partial charge in [-0.1, -0.05) is 18.6 Å². The van der Waals surface area contributed by atoms with Gasteiger partial charge in [0, 0.05) is 19.6 Å². The molecule has 9 heteroatoms. The predicted molar refractivity (Wildman–Crippen MR) is 121 cm³/mol. The number of likely N-dealkylation sites (tertiary alicyclic amines) is 1. The summed E-state index contributed by atoms with van der Waals surface area (Å²) in [5, 5.41) is 6.62. The van der Waals surface area contributed by atoms with Gasteiger partial charge in [-0.05, 0) is 57.6 Å². The van der Waals surface area contributed by atoms with Crippen LogP contribution in [0.25, 0.3) is 0 Å². The topological polar surface area (TPSA) is 85.8 Å². The summed E-state index contributed by atoms with van der Waals surface area (Å²) in [6.07, 6.45) is 3.95. The summed E-state index contributed by atoms with van der Waals surface area (Å²) in [6.45, 7) is 7.62. The van der Waals surface area contributed by atoms with Crippen molar-refractivity contribution in [3.63, 3.8) is 0 Å². The summed E-state index contributed by atoms with van der Waals surface area (Å²) in [5.74, 6) is 0.788. The van der Waals surface area contributed by atoms with Crippen molar-refractivity contribution in [3.8, 4) is 0 Å². The quantitative estimate of drug-likeness (QED) is 0.283. The SMILES string of the molecule is CCNC(=NCc1ccc(S(=O)(=O)NC)cc1)NCCN1CCCCC1.I. The number of piperidine rings is 1. The van der Waals surface area contributed by atoms with E-state index < -0.39 is 10.0 Å². The number of rotatable bonds is 8. The van der Waals surface area contributed by atoms with Crippen molar-refractivity contribution >= 4 is 40.0 Å². The van der Waals surface area contributed by atoms with Gasteiger partial charge in [-0.2, -0.15) is 0 Å². The van der Waals surface area contributed by atoms with Gasteiger partial charge in [0.15, 0.2) is 5.96 Å². The fraction of sp³-hybridized carbons (Fsp3) is 0.611. The largest absolute Gasteiger partial charge is 0.357 e. The molecule has 0 saturated carbocycles. The monoisotopic (exact) mass is 509 g/mol. The number of halogens is 1. The first-order valence-electron chi connectivity index (χ1n) is 9.32. The third kappa shape index (κ3) is 8.32. The molecule has 2 rings (SSSR count). The maximum Gasteiger partial charge on any atom is 0.240 e. The van der Waals surface area contributed by atoms with Gasteiger partial charge >= 0.3 is 0 Å². The van der Waals surface area contributed by atoms with Crippen LogP contribution in [0.2, 0.25) is 0 Å². The van der Waals surface area contributed by atoms with E-state index in [9.17, 15) is 8.42 Å². The van der Waals surface area contributed by atoms with Crippen molar-refractivity contribution in [1.82, 2.24) is 20.3 Å². The van der Waals surface area contributed by atoms with Crippen LogP contribution in [-0.4, -0.2) is 59.0 Å². The molecule has 0 unspecified atom stereocenters. The Balaban J connectivity index is 0.00000364. The van der Waals surface area contributed by atoms with Crippen LogP contribution in [0.4, 0.5) is 0 Å². The Morgan fingerprint density at radius 3 is 2.37 bits per heavy atom. The highest BCUT2D eigenvalue weighted by molar-refractivity contribution is 14.0. The average Bonchev–Trinajstić information content (AvgIpc) is 2.67. The van der Waals surface area contributed by atoms with E-state index in [1.807, 2.05) is 6.92 Å². The molecule has 0 radical (unpaired) electrons. The summed E-state index contributed by atoms with van der Waals surface area (Å²) in [6, 6.07) is 6.80. The van der Waals surface area contributed by atoms with Crippen LogP contribution in [0.15, 0.2) is 34.2 Å². The number of nitrogens with one attached hydrogen (secondary N) is 3. The van der Waals surface area contributed by atoms with Crippen LogP contribution in [-0.2, 0) is 16.6 Å². The lowest BCUT2D eigenvalue weighted by molar-refractivity contribution is 0.232. The van der Waals surface area contributed by atoms with E-state index in [4.69, 9.17) is 0 Å². The summed E-state index contributed by atoms with van der Waals surface area (Å²) < 4.78 is 25.8. The minimum atomic E-state index is -3.39. The van der Waals surface area contributed by atoms with Crippen molar-refractivity contribution in [2.75, 3.05) is 39.8 Å². The van der Waals surface area contributed by atoms with Crippen molar-refractivity contribution in [1.29, 1.82) is 0 Å². The highest BCUT2D eigenvalue weighted by Gasteiger charge is 2.11. The van der Waals surface area contributed by atoms with E-state index in [2.05, 4.69) is 25.2 Å². The first-order valence-corrected chi connectivity index (χ1v) is 10.8. The Kier molecular flexibility index (Phi) is 11.2. The molecule has 1 heterocycles. The number of benzene rings is 1. The molecular formula is C18H32IN5O2S. The molecule has 154 valence electrons. The van der Waals surface area contributed by atoms with Gasteiger partial charge in [0.1, 0.15) is 0 Å². The molecule has 0 aliphatic carbocycles. The Morgan fingerprint density at radius 1 is 1.11 bits per heavy atom. The third-order valence-electron chi connectivity index (χ3n) is 4.44. The van der Waals surface area contributed by atoms with Gasteiger partial charge in [-0.15, -0.1) is 24.0 Å². The van der Waals surface area contributed by atoms with Gasteiger partial charge < -0.3 is 15.5 Å². The van der Waals surface area contributed by atoms with Crippen LogP contribution in [0, 0.1) is 0 Å². The number of hydrogen-bond donors (Lipinski definition) is 3. The van der Waals surface area contributed by atoms with Gasteiger partial charge in [-0.3, -0.25) is 0 Å². The molecule has 1 aromatic carbocycles. The second kappa shape index (κ2) is 12.5. The Morgan fingerprint density at radius 2 is 1.78 bits per heavy atom. The molecular weight excluding hydrogens is 477 g/mol. The molecule has 1 fully saturated rings. The Bertz CT molecular complexity index is 673. The first kappa shape index (κ1) is 24.1. The molecule has 3 N–H and O–H groups in total. The van der Waals surface area contributed by atoms with Crippen molar-refractivity contribution < 1.29 is 8.42 Å². The predicted octanol–water partition coefficient (Wildman–Crippen LogP) is 1.75. The fourth-order valence-corrected chi connectivity index (χ4v) is 3.65. The van der Waals surface area contributed by atoms with Gasteiger partial charge in [0.25, 0.3) is 0 Å². The summed E-state index contributed by atoms with van der Waals surface area (Å²) >= 11 is 0. The van der Waals surface area contributed by atoms with Crippen molar-refractivity contribution in [2.24, 2.45) is 4.99 Å². The minimum Gasteiger partial charge on any atom is -0.357 e. The summed E-state index contributed by atoms with van der Waals surface area (Å²) in [4.78, 5) is 7.34. The molecule has 27 heavy (non-hydrogen) atoms. The second-order valence-corrected chi connectivity index (χ2v) is 8.26. The van der Waals surface area contributed by atoms with Crippen LogP contribution in [0.1, 0.15) is 31.7 Å². The molecule has 1 saturated heterocycles. The number of aliphatic imine (C=N–C) groups is 1. The average molecular weight is 509 g/mol. The number of nitrogens with zero attached hydrogens (tertiary/aromatic N) is 2. The lowest BCUT2D eigenvalue weighted by atomic mass is 10.1. The minimum absolute atomic E-state index is 0. The number of guanidine groups is 1. The van der Waals surface area contributed by atoms with Crippen molar-refractivity contribution in [3.05, 3.63) is 29.8 Å². The lowest BCUT2D eigenvalue weighted by Crippen LogP contribution is -2.42. The molecule has 0 atom stereocenters. The van der Waals surface area contributed by atoms with Crippen molar-refractivity contribution in [2.45, 2.75) is 37.6 Å². The molecule has 1 aliphatic heterocycles. The van der Waals surface area contributed by atoms with Gasteiger partial charge in [0.2, 0.25) is 10.0 Å². The normalized spacial score (nSPS) is 15.9. The number of hydrogen-bond acceptors (Lipinski definition) is 4. The maximum absolute atomic E-state index is 11.7. The molecule has 0 bridgehead atoms. The zero-order chi connectivity index (χ0) is 18.8. The van der Waals surface area contributed by atoms with Gasteiger partial charge in [-0.25, -0.2) is 18.1 Å². The smallest absolute Gasteiger partial charge is 0.240 e. The molecule has 0 spiro atoms. The van der Waals surface area contributed by atoms with Crippen LogP contribution in [0.5, 0.6) is 0 Å². The van der Waals surface area contributed by atoms with E-state index in [0.29, 0.717) is 6.54 Å². The zero-order valence-corrected chi connectivity index (χ0v) is 19.3. The Labute approximate surface area is 180 Å². The second-order valence-electron chi connectivity index (χ2n) is 6.38. The summed E-state index contributed by atoms with van der Waals surface area (Å²) in [5.41, 5.74) is 0.966. The highest BCUT2D eigenvalue weighted by atomic mass is 127. The standard InChI is InChI=1S/C18H31N5O2S.HI/c1-3-20-18(21-11-14-23-12-5-4-6-13-23)22-15-16-7-9-17(10-8-16)26(24,25)19-2;/h7-10,19H,3-6,11-15H2,1-2H3,(H2,20,21,22);1H. The zero-order valence-electron chi connectivity index (χ0n) is 16.2. The first-order chi connectivity index (χ1) is 12.5. The molecule has 0 amide bonds. The van der Waals surface area contributed by atoms with Crippen LogP contribution in [0.3, 0.4) is 0 Å². The van der Waals surface area contributed by atoms with E-state index in [1.54, 1.807) is 24.3 Å². The fourth-order valence-electron chi connectivity index (χ4n) is 2.92. The van der Waals surface area contributed by atoms with E-state index in [0.717, 1.165) is 31.2 Å². The maximum atomic E-state index is 11.7. The third-order valence-corrected chi connectivity index (χ3v) is 5.87. The summed E-state index contributed by atoms with van der Waals surface area (Å²) in [7, 11) is -1.98. The molecule has 1 aromatic rings. The number of sulfonamides is 1. The van der Waals surface area contributed by atoms with E-state index >= 15 is 0 Å². The lowest BCUT2D eigenvalue weighted by Gasteiger charge is -2.26. The highest BCUT2D eigenvalue weighted by Crippen LogP contribution is 2.11. The van der Waals surface area contributed by atoms with Gasteiger partial charge in [0.05, 0.1) is 11.4 Å². The van der Waals surface area contributed by atoms with E-state index in [1.165, 1.54) is 39.4 Å². The van der Waals surface area contributed by atoms with Crippen LogP contribution < -0.4 is 15.4 Å². The van der Waals surface area contributed by atoms with Crippen LogP contribution >= 0.6 is 24.0 Å². The van der Waals surface area contributed by atoms with E-state index in [-0.39, 0.29) is 28.9 Å². The molecule has 0 aromatic heterocycles. The molecule has 7 nitrogen and oxygen atoms in total.